The molecule has 0 bridgehead atoms. The molecule has 118 valence electrons. The zero-order chi connectivity index (χ0) is 16.0. The Morgan fingerprint density at radius 1 is 1.33 bits per heavy atom. The molecular weight excluding hydrogens is 271 g/mol. The molecule has 6 heteroatoms. The molecule has 0 atom stereocenters. The van der Waals surface area contributed by atoms with Crippen molar-refractivity contribution in [2.75, 3.05) is 25.5 Å². The number of pyridine rings is 1. The average Bonchev–Trinajstić information content (AvgIpc) is 2.42. The van der Waals surface area contributed by atoms with Crippen molar-refractivity contribution >= 4 is 11.7 Å². The Labute approximate surface area is 125 Å². The Hall–Kier alpha value is -1.69. The summed E-state index contributed by atoms with van der Waals surface area (Å²) in [6.07, 6.45) is 1.42. The van der Waals surface area contributed by atoms with Crippen molar-refractivity contribution in [3.8, 4) is 0 Å². The van der Waals surface area contributed by atoms with Crippen LogP contribution in [0.5, 0.6) is 0 Å². The van der Waals surface area contributed by atoms with Gasteiger partial charge in [-0.15, -0.1) is 0 Å². The van der Waals surface area contributed by atoms with Crippen LogP contribution in [0, 0.1) is 5.82 Å². The lowest BCUT2D eigenvalue weighted by atomic mass is 10.2. The van der Waals surface area contributed by atoms with E-state index in [9.17, 15) is 9.18 Å². The monoisotopic (exact) mass is 296 g/mol. The van der Waals surface area contributed by atoms with Gasteiger partial charge in [-0.25, -0.2) is 9.37 Å². The molecule has 1 aromatic rings. The van der Waals surface area contributed by atoms with Gasteiger partial charge in [0.2, 0.25) is 0 Å². The van der Waals surface area contributed by atoms with E-state index in [1.165, 1.54) is 12.3 Å². The van der Waals surface area contributed by atoms with E-state index in [1.54, 1.807) is 7.05 Å². The third kappa shape index (κ3) is 4.67. The number of halogens is 1. The van der Waals surface area contributed by atoms with E-state index in [0.717, 1.165) is 6.54 Å². The fraction of sp³-hybridized carbons (Fsp3) is 0.600. The fourth-order valence-corrected chi connectivity index (χ4v) is 2.30. The predicted octanol–water partition coefficient (Wildman–Crippen LogP) is 2.11. The molecule has 1 rings (SSSR count). The Bertz CT molecular complexity index is 469. The van der Waals surface area contributed by atoms with E-state index in [2.05, 4.69) is 48.2 Å². The van der Waals surface area contributed by atoms with Crippen LogP contribution in [-0.4, -0.2) is 48.0 Å². The number of nitrogens with zero attached hydrogens (tertiary/aromatic N) is 2. The molecule has 1 heterocycles. The number of hydrogen-bond donors (Lipinski definition) is 2. The zero-order valence-electron chi connectivity index (χ0n) is 13.4. The van der Waals surface area contributed by atoms with E-state index in [0.29, 0.717) is 18.6 Å². The van der Waals surface area contributed by atoms with Gasteiger partial charge in [0, 0.05) is 38.4 Å². The molecular formula is C15H25FN4O. The second kappa shape index (κ2) is 7.93. The van der Waals surface area contributed by atoms with Gasteiger partial charge in [0.1, 0.15) is 0 Å². The summed E-state index contributed by atoms with van der Waals surface area (Å²) in [5.41, 5.74) is 0.00925. The summed E-state index contributed by atoms with van der Waals surface area (Å²) in [7, 11) is 1.57. The van der Waals surface area contributed by atoms with Gasteiger partial charge in [-0.3, -0.25) is 9.69 Å². The molecule has 0 aliphatic carbocycles. The largest absolute Gasteiger partial charge is 0.371 e. The first-order valence-corrected chi connectivity index (χ1v) is 7.24. The highest BCUT2D eigenvalue weighted by molar-refractivity contribution is 5.95. The lowest BCUT2D eigenvalue weighted by Crippen LogP contribution is -2.42. The Morgan fingerprint density at radius 3 is 2.48 bits per heavy atom. The normalized spacial score (nSPS) is 11.3. The van der Waals surface area contributed by atoms with Gasteiger partial charge in [0.05, 0.1) is 5.56 Å². The van der Waals surface area contributed by atoms with Gasteiger partial charge in [-0.05, 0) is 33.8 Å². The Balaban J connectivity index is 2.62. The molecule has 2 N–H and O–H groups in total. The molecule has 0 unspecified atom stereocenters. The summed E-state index contributed by atoms with van der Waals surface area (Å²) in [4.78, 5) is 18.1. The quantitative estimate of drug-likeness (QED) is 0.809. The fourth-order valence-electron chi connectivity index (χ4n) is 2.30. The number of aromatic nitrogens is 1. The zero-order valence-corrected chi connectivity index (χ0v) is 13.4. The number of carbonyl (C=O) groups is 1. The topological polar surface area (TPSA) is 57.3 Å². The van der Waals surface area contributed by atoms with Gasteiger partial charge in [-0.2, -0.15) is 0 Å². The van der Waals surface area contributed by atoms with Crippen LogP contribution in [0.15, 0.2) is 12.3 Å². The van der Waals surface area contributed by atoms with Crippen molar-refractivity contribution in [3.05, 3.63) is 23.6 Å². The smallest absolute Gasteiger partial charge is 0.254 e. The minimum Gasteiger partial charge on any atom is -0.371 e. The van der Waals surface area contributed by atoms with Gasteiger partial charge in [0.25, 0.3) is 5.91 Å². The van der Waals surface area contributed by atoms with E-state index in [1.807, 2.05) is 0 Å². The molecule has 1 aromatic heterocycles. The van der Waals surface area contributed by atoms with Gasteiger partial charge < -0.3 is 10.6 Å². The minimum atomic E-state index is -0.623. The van der Waals surface area contributed by atoms with Crippen LogP contribution >= 0.6 is 0 Å². The van der Waals surface area contributed by atoms with E-state index in [4.69, 9.17) is 0 Å². The number of anilines is 1. The molecule has 5 nitrogen and oxygen atoms in total. The maximum Gasteiger partial charge on any atom is 0.254 e. The van der Waals surface area contributed by atoms with Crippen LogP contribution in [0.1, 0.15) is 38.1 Å². The van der Waals surface area contributed by atoms with Crippen LogP contribution in [0.3, 0.4) is 0 Å². The minimum absolute atomic E-state index is 0.00925. The molecule has 21 heavy (non-hydrogen) atoms. The summed E-state index contributed by atoms with van der Waals surface area (Å²) < 4.78 is 14.0. The summed E-state index contributed by atoms with van der Waals surface area (Å²) in [5, 5.41) is 5.38. The van der Waals surface area contributed by atoms with Crippen LogP contribution in [0.4, 0.5) is 10.2 Å². The van der Waals surface area contributed by atoms with Crippen LogP contribution in [-0.2, 0) is 0 Å². The molecule has 1 amide bonds. The molecule has 0 fully saturated rings. The first-order valence-electron chi connectivity index (χ1n) is 7.24. The van der Waals surface area contributed by atoms with Gasteiger partial charge in [0.15, 0.2) is 11.6 Å². The van der Waals surface area contributed by atoms with E-state index >= 15 is 0 Å². The molecule has 0 spiro atoms. The second-order valence-electron chi connectivity index (χ2n) is 5.45. The standard InChI is InChI=1S/C15H25FN4O/c1-10(2)20(11(3)4)9-8-19-15(21)12-6-7-18-14(17-5)13(12)16/h6-7,10-11H,8-9H2,1-5H3,(H,17,18)(H,19,21). The molecule has 0 aromatic carbocycles. The third-order valence-corrected chi connectivity index (χ3v) is 3.35. The van der Waals surface area contributed by atoms with Crippen molar-refractivity contribution in [1.29, 1.82) is 0 Å². The lowest BCUT2D eigenvalue weighted by molar-refractivity contribution is 0.0935. The van der Waals surface area contributed by atoms with Crippen molar-refractivity contribution in [2.45, 2.75) is 39.8 Å². The van der Waals surface area contributed by atoms with Gasteiger partial charge >= 0.3 is 0 Å². The highest BCUT2D eigenvalue weighted by atomic mass is 19.1. The first-order chi connectivity index (χ1) is 9.88. The van der Waals surface area contributed by atoms with E-state index in [-0.39, 0.29) is 11.4 Å². The highest BCUT2D eigenvalue weighted by Gasteiger charge is 2.17. The number of amides is 1. The van der Waals surface area contributed by atoms with Gasteiger partial charge in [-0.1, -0.05) is 0 Å². The number of nitrogens with one attached hydrogen (secondary N) is 2. The summed E-state index contributed by atoms with van der Waals surface area (Å²) >= 11 is 0. The maximum absolute atomic E-state index is 14.0. The van der Waals surface area contributed by atoms with Crippen LogP contribution in [0.2, 0.25) is 0 Å². The molecule has 0 aliphatic rings. The predicted molar refractivity (Wildman–Crippen MR) is 83.1 cm³/mol. The van der Waals surface area contributed by atoms with Crippen LogP contribution in [0.25, 0.3) is 0 Å². The maximum atomic E-state index is 14.0. The second-order valence-corrected chi connectivity index (χ2v) is 5.45. The third-order valence-electron chi connectivity index (χ3n) is 3.35. The van der Waals surface area contributed by atoms with Crippen molar-refractivity contribution in [3.63, 3.8) is 0 Å². The number of carbonyl (C=O) groups excluding carboxylic acids is 1. The van der Waals surface area contributed by atoms with Crippen LogP contribution < -0.4 is 10.6 Å². The first kappa shape index (κ1) is 17.4. The number of rotatable bonds is 7. The summed E-state index contributed by atoms with van der Waals surface area (Å²) in [6, 6.07) is 2.18. The lowest BCUT2D eigenvalue weighted by Gasteiger charge is -2.30. The molecule has 0 saturated heterocycles. The van der Waals surface area contributed by atoms with Crippen molar-refractivity contribution in [1.82, 2.24) is 15.2 Å². The average molecular weight is 296 g/mol. The van der Waals surface area contributed by atoms with Crippen molar-refractivity contribution < 1.29 is 9.18 Å². The molecule has 0 aliphatic heterocycles. The van der Waals surface area contributed by atoms with Crippen molar-refractivity contribution in [2.24, 2.45) is 0 Å². The highest BCUT2D eigenvalue weighted by Crippen LogP contribution is 2.14. The summed E-state index contributed by atoms with van der Waals surface area (Å²) in [6.45, 7) is 9.67. The molecule has 0 saturated carbocycles. The van der Waals surface area contributed by atoms with E-state index < -0.39 is 11.7 Å². The summed E-state index contributed by atoms with van der Waals surface area (Å²) in [5.74, 6) is -0.963. The SMILES string of the molecule is CNc1nccc(C(=O)NCCN(C(C)C)C(C)C)c1F. The Kier molecular flexibility index (Phi) is 6.55. The molecule has 0 radical (unpaired) electrons. The Morgan fingerprint density at radius 2 is 1.95 bits per heavy atom. The number of hydrogen-bond acceptors (Lipinski definition) is 4.